The highest BCUT2D eigenvalue weighted by Gasteiger charge is 2.48. The molecule has 3 rings (SSSR count). The minimum atomic E-state index is -1.02. The Balaban J connectivity index is 1.88. The lowest BCUT2D eigenvalue weighted by Gasteiger charge is -2.43. The first kappa shape index (κ1) is 20.4. The molecule has 0 aromatic carbocycles. The number of amides is 3. The number of nitrogens with one attached hydrogen (secondary N) is 2. The molecule has 1 aromatic rings. The first-order valence-corrected chi connectivity index (χ1v) is 10.4. The normalized spacial score (nSPS) is 22.2. The van der Waals surface area contributed by atoms with E-state index < -0.39 is 5.54 Å². The van der Waals surface area contributed by atoms with Crippen molar-refractivity contribution in [1.29, 1.82) is 0 Å². The number of rotatable bonds is 7. The van der Waals surface area contributed by atoms with Crippen LogP contribution in [0.25, 0.3) is 0 Å². The van der Waals surface area contributed by atoms with Gasteiger partial charge in [-0.2, -0.15) is 5.10 Å². The summed E-state index contributed by atoms with van der Waals surface area (Å²) in [6.07, 6.45) is 5.78. The van der Waals surface area contributed by atoms with Crippen molar-refractivity contribution in [2.45, 2.75) is 77.4 Å². The van der Waals surface area contributed by atoms with E-state index in [2.05, 4.69) is 15.7 Å². The zero-order chi connectivity index (χ0) is 20.3. The summed E-state index contributed by atoms with van der Waals surface area (Å²) in [6, 6.07) is 1.71. The summed E-state index contributed by atoms with van der Waals surface area (Å²) in [5.41, 5.74) is -0.443. The Hall–Kier alpha value is -2.38. The van der Waals surface area contributed by atoms with Crippen molar-refractivity contribution in [1.82, 2.24) is 25.3 Å². The predicted molar refractivity (Wildman–Crippen MR) is 105 cm³/mol. The third-order valence-corrected chi connectivity index (χ3v) is 5.69. The van der Waals surface area contributed by atoms with Crippen molar-refractivity contribution in [3.05, 3.63) is 17.5 Å². The Morgan fingerprint density at radius 1 is 1.25 bits per heavy atom. The van der Waals surface area contributed by atoms with Gasteiger partial charge in [0.05, 0.1) is 6.54 Å². The molecule has 1 aliphatic heterocycles. The van der Waals surface area contributed by atoms with Gasteiger partial charge < -0.3 is 15.5 Å². The maximum atomic E-state index is 13.2. The first-order chi connectivity index (χ1) is 13.4. The molecule has 1 saturated carbocycles. The maximum Gasteiger partial charge on any atom is 0.273 e. The van der Waals surface area contributed by atoms with E-state index in [1.165, 1.54) is 10.7 Å². The molecule has 2 heterocycles. The lowest BCUT2D eigenvalue weighted by Crippen LogP contribution is -2.65. The van der Waals surface area contributed by atoms with Gasteiger partial charge >= 0.3 is 0 Å². The van der Waals surface area contributed by atoms with Crippen LogP contribution < -0.4 is 10.6 Å². The van der Waals surface area contributed by atoms with Crippen LogP contribution >= 0.6 is 0 Å². The van der Waals surface area contributed by atoms with Crippen molar-refractivity contribution in [3.8, 4) is 0 Å². The quantitative estimate of drug-likeness (QED) is 0.742. The molecule has 0 bridgehead atoms. The van der Waals surface area contributed by atoms with Crippen molar-refractivity contribution in [2.24, 2.45) is 0 Å². The van der Waals surface area contributed by atoms with Gasteiger partial charge in [-0.25, -0.2) is 0 Å². The van der Waals surface area contributed by atoms with E-state index in [0.29, 0.717) is 18.8 Å². The minimum absolute atomic E-state index is 0.140. The van der Waals surface area contributed by atoms with Crippen molar-refractivity contribution >= 4 is 17.7 Å². The van der Waals surface area contributed by atoms with E-state index in [-0.39, 0.29) is 36.0 Å². The van der Waals surface area contributed by atoms with Gasteiger partial charge in [0, 0.05) is 25.2 Å². The molecule has 1 atom stereocenters. The Morgan fingerprint density at radius 3 is 2.61 bits per heavy atom. The fourth-order valence-electron chi connectivity index (χ4n) is 4.07. The molecule has 1 aromatic heterocycles. The second-order valence-corrected chi connectivity index (χ2v) is 8.01. The second-order valence-electron chi connectivity index (χ2n) is 8.01. The number of hydrogen-bond donors (Lipinski definition) is 2. The van der Waals surface area contributed by atoms with Crippen molar-refractivity contribution in [3.63, 3.8) is 0 Å². The molecule has 2 N–H and O–H groups in total. The first-order valence-electron chi connectivity index (χ1n) is 10.4. The smallest absolute Gasteiger partial charge is 0.273 e. The SMILES string of the molecule is CCCNC(=O)c1cc2n(n1)CC(C)(C(=O)NC1CCCC1)N(CCC)C2=O. The van der Waals surface area contributed by atoms with Crippen LogP contribution in [-0.4, -0.2) is 57.1 Å². The zero-order valence-corrected chi connectivity index (χ0v) is 17.1. The summed E-state index contributed by atoms with van der Waals surface area (Å²) in [6.45, 7) is 7.03. The number of carbonyl (C=O) groups excluding carboxylic acids is 3. The monoisotopic (exact) mass is 389 g/mol. The Labute approximate surface area is 166 Å². The summed E-state index contributed by atoms with van der Waals surface area (Å²) in [4.78, 5) is 40.3. The van der Waals surface area contributed by atoms with Crippen molar-refractivity contribution < 1.29 is 14.4 Å². The van der Waals surface area contributed by atoms with Crippen LogP contribution in [0.5, 0.6) is 0 Å². The zero-order valence-electron chi connectivity index (χ0n) is 17.1. The summed E-state index contributed by atoms with van der Waals surface area (Å²) in [5, 5.41) is 10.3. The molecule has 8 heteroatoms. The van der Waals surface area contributed by atoms with Crippen LogP contribution in [0, 0.1) is 0 Å². The van der Waals surface area contributed by atoms with E-state index in [1.807, 2.05) is 13.8 Å². The van der Waals surface area contributed by atoms with Gasteiger partial charge in [-0.05, 0) is 32.6 Å². The molecule has 3 amide bonds. The van der Waals surface area contributed by atoms with Crippen LogP contribution in [-0.2, 0) is 11.3 Å². The number of hydrogen-bond acceptors (Lipinski definition) is 4. The Bertz CT molecular complexity index is 753. The average molecular weight is 390 g/mol. The third kappa shape index (κ3) is 3.77. The molecule has 1 unspecified atom stereocenters. The van der Waals surface area contributed by atoms with Gasteiger partial charge in [-0.1, -0.05) is 26.7 Å². The highest BCUT2D eigenvalue weighted by molar-refractivity contribution is 6.01. The third-order valence-electron chi connectivity index (χ3n) is 5.69. The van der Waals surface area contributed by atoms with E-state index in [4.69, 9.17) is 0 Å². The van der Waals surface area contributed by atoms with E-state index in [0.717, 1.165) is 38.5 Å². The van der Waals surface area contributed by atoms with E-state index in [1.54, 1.807) is 11.8 Å². The Kier molecular flexibility index (Phi) is 6.05. The topological polar surface area (TPSA) is 96.3 Å². The van der Waals surface area contributed by atoms with Crippen LogP contribution in [0.15, 0.2) is 6.07 Å². The summed E-state index contributed by atoms with van der Waals surface area (Å²) in [7, 11) is 0. The number of aromatic nitrogens is 2. The predicted octanol–water partition coefficient (Wildman–Crippen LogP) is 1.71. The average Bonchev–Trinajstić information content (AvgIpc) is 3.32. The molecule has 1 fully saturated rings. The molecule has 1 aliphatic carbocycles. The summed E-state index contributed by atoms with van der Waals surface area (Å²) >= 11 is 0. The molecule has 8 nitrogen and oxygen atoms in total. The van der Waals surface area contributed by atoms with Gasteiger partial charge in [0.2, 0.25) is 5.91 Å². The maximum absolute atomic E-state index is 13.2. The summed E-state index contributed by atoms with van der Waals surface area (Å²) < 4.78 is 1.52. The van der Waals surface area contributed by atoms with Crippen LogP contribution in [0.3, 0.4) is 0 Å². The standard InChI is InChI=1S/C20H31N5O3/c1-4-10-21-17(26)15-12-16-18(27)24(11-5-2)20(3,13-25(16)23-15)19(28)22-14-8-6-7-9-14/h12,14H,4-11,13H2,1-3H3,(H,21,26)(H,22,28). The lowest BCUT2D eigenvalue weighted by atomic mass is 9.94. The van der Waals surface area contributed by atoms with Gasteiger partial charge in [0.25, 0.3) is 11.8 Å². The molecular formula is C20H31N5O3. The molecular weight excluding hydrogens is 358 g/mol. The summed E-state index contributed by atoms with van der Waals surface area (Å²) in [5.74, 6) is -0.686. The molecule has 0 spiro atoms. The lowest BCUT2D eigenvalue weighted by molar-refractivity contribution is -0.133. The van der Waals surface area contributed by atoms with Crippen LogP contribution in [0.4, 0.5) is 0 Å². The second kappa shape index (κ2) is 8.32. The van der Waals surface area contributed by atoms with Crippen LogP contribution in [0.2, 0.25) is 0 Å². The molecule has 0 saturated heterocycles. The molecule has 28 heavy (non-hydrogen) atoms. The van der Waals surface area contributed by atoms with E-state index in [9.17, 15) is 14.4 Å². The highest BCUT2D eigenvalue weighted by Crippen LogP contribution is 2.29. The van der Waals surface area contributed by atoms with E-state index >= 15 is 0 Å². The number of fused-ring (bicyclic) bond motifs is 1. The fourth-order valence-corrected chi connectivity index (χ4v) is 4.07. The van der Waals surface area contributed by atoms with Crippen LogP contribution in [0.1, 0.15) is 80.3 Å². The molecule has 2 aliphatic rings. The van der Waals surface area contributed by atoms with Gasteiger partial charge in [0.1, 0.15) is 11.2 Å². The largest absolute Gasteiger partial charge is 0.351 e. The molecule has 154 valence electrons. The van der Waals surface area contributed by atoms with Gasteiger partial charge in [-0.3, -0.25) is 19.1 Å². The number of nitrogens with zero attached hydrogens (tertiary/aromatic N) is 3. The highest BCUT2D eigenvalue weighted by atomic mass is 16.2. The Morgan fingerprint density at radius 2 is 1.96 bits per heavy atom. The van der Waals surface area contributed by atoms with Crippen molar-refractivity contribution in [2.75, 3.05) is 13.1 Å². The fraction of sp³-hybridized carbons (Fsp3) is 0.700. The minimum Gasteiger partial charge on any atom is -0.351 e. The number of carbonyl (C=O) groups is 3. The molecule has 0 radical (unpaired) electrons. The van der Waals surface area contributed by atoms with Gasteiger partial charge in [0.15, 0.2) is 5.69 Å². The van der Waals surface area contributed by atoms with Gasteiger partial charge in [-0.15, -0.1) is 0 Å².